The molecule has 0 fully saturated rings. The Bertz CT molecular complexity index is 543. The largest absolute Gasteiger partial charge is 0.505 e. The van der Waals surface area contributed by atoms with E-state index in [1.165, 1.54) is 32.2 Å². The molecular formula is C12H14N2O6. The standard InChI is InChI=1S/C12H14N2O6/c1-6(11(18)20-2)13-12(19)14-8-5-3-4-7(9(8)15)10(16)17/h3-6,15H,1-2H3,(H,16,17)(H2,13,14,19). The number of methoxy groups -OCH3 is 1. The molecule has 0 aliphatic heterocycles. The number of aromatic hydroxyl groups is 1. The van der Waals surface area contributed by atoms with Crippen molar-refractivity contribution in [2.75, 3.05) is 12.4 Å². The summed E-state index contributed by atoms with van der Waals surface area (Å²) >= 11 is 0. The van der Waals surface area contributed by atoms with Crippen molar-refractivity contribution in [3.8, 4) is 5.75 Å². The van der Waals surface area contributed by atoms with Crippen molar-refractivity contribution in [3.05, 3.63) is 23.8 Å². The fourth-order valence-corrected chi connectivity index (χ4v) is 1.41. The first kappa shape index (κ1) is 15.3. The molecule has 0 aliphatic carbocycles. The molecule has 1 aromatic rings. The highest BCUT2D eigenvalue weighted by molar-refractivity contribution is 5.98. The van der Waals surface area contributed by atoms with E-state index in [-0.39, 0.29) is 11.3 Å². The van der Waals surface area contributed by atoms with Gasteiger partial charge in [0.2, 0.25) is 0 Å². The van der Waals surface area contributed by atoms with Crippen molar-refractivity contribution in [2.24, 2.45) is 0 Å². The minimum atomic E-state index is -1.32. The number of carboxylic acids is 1. The van der Waals surface area contributed by atoms with Crippen LogP contribution in [0, 0.1) is 0 Å². The number of carbonyl (C=O) groups excluding carboxylic acids is 2. The lowest BCUT2D eigenvalue weighted by molar-refractivity contribution is -0.142. The lowest BCUT2D eigenvalue weighted by Gasteiger charge is -2.13. The SMILES string of the molecule is COC(=O)C(C)NC(=O)Nc1cccc(C(=O)O)c1O. The van der Waals surface area contributed by atoms with Crippen LogP contribution in [-0.4, -0.2) is 41.3 Å². The Morgan fingerprint density at radius 2 is 1.95 bits per heavy atom. The maximum absolute atomic E-state index is 11.6. The molecule has 2 amide bonds. The predicted octanol–water partition coefficient (Wildman–Crippen LogP) is 0.773. The number of nitrogens with one attached hydrogen (secondary N) is 2. The first-order chi connectivity index (χ1) is 9.36. The second kappa shape index (κ2) is 6.41. The maximum Gasteiger partial charge on any atom is 0.339 e. The molecule has 0 bridgehead atoms. The molecular weight excluding hydrogens is 268 g/mol. The van der Waals surface area contributed by atoms with Crippen molar-refractivity contribution in [1.29, 1.82) is 0 Å². The minimum Gasteiger partial charge on any atom is -0.505 e. The zero-order chi connectivity index (χ0) is 15.3. The van der Waals surface area contributed by atoms with Gasteiger partial charge in [0.05, 0.1) is 12.8 Å². The molecule has 1 rings (SSSR count). The summed E-state index contributed by atoms with van der Waals surface area (Å²) in [6.45, 7) is 1.42. The van der Waals surface area contributed by atoms with Crippen LogP contribution in [0.25, 0.3) is 0 Å². The van der Waals surface area contributed by atoms with Gasteiger partial charge in [-0.2, -0.15) is 0 Å². The van der Waals surface area contributed by atoms with Crippen LogP contribution in [0.5, 0.6) is 5.75 Å². The molecule has 0 spiro atoms. The van der Waals surface area contributed by atoms with E-state index in [1.807, 2.05) is 0 Å². The van der Waals surface area contributed by atoms with Gasteiger partial charge in [0.15, 0.2) is 5.75 Å². The average molecular weight is 282 g/mol. The summed E-state index contributed by atoms with van der Waals surface area (Å²) in [6, 6.07) is 2.22. The third-order valence-electron chi connectivity index (χ3n) is 2.42. The van der Waals surface area contributed by atoms with Crippen molar-refractivity contribution >= 4 is 23.7 Å². The first-order valence-electron chi connectivity index (χ1n) is 5.57. The topological polar surface area (TPSA) is 125 Å². The summed E-state index contributed by atoms with van der Waals surface area (Å²) in [5.74, 6) is -2.53. The quantitative estimate of drug-likeness (QED) is 0.477. The van der Waals surface area contributed by atoms with E-state index >= 15 is 0 Å². The van der Waals surface area contributed by atoms with Gasteiger partial charge in [-0.15, -0.1) is 0 Å². The first-order valence-corrected chi connectivity index (χ1v) is 5.57. The maximum atomic E-state index is 11.6. The second-order valence-corrected chi connectivity index (χ2v) is 3.85. The Morgan fingerprint density at radius 1 is 1.30 bits per heavy atom. The van der Waals surface area contributed by atoms with Crippen LogP contribution in [0.1, 0.15) is 17.3 Å². The number of hydrogen-bond donors (Lipinski definition) is 4. The summed E-state index contributed by atoms with van der Waals surface area (Å²) in [5.41, 5.74) is -0.428. The monoisotopic (exact) mass is 282 g/mol. The molecule has 108 valence electrons. The van der Waals surface area contributed by atoms with E-state index in [0.29, 0.717) is 0 Å². The van der Waals surface area contributed by atoms with Crippen LogP contribution < -0.4 is 10.6 Å². The molecule has 8 heteroatoms. The molecule has 0 saturated heterocycles. The number of hydrogen-bond acceptors (Lipinski definition) is 5. The van der Waals surface area contributed by atoms with Crippen LogP contribution in [0.2, 0.25) is 0 Å². The number of esters is 1. The number of carbonyl (C=O) groups is 3. The van der Waals surface area contributed by atoms with E-state index in [0.717, 1.165) is 0 Å². The predicted molar refractivity (Wildman–Crippen MR) is 68.7 cm³/mol. The van der Waals surface area contributed by atoms with Crippen molar-refractivity contribution < 1.29 is 29.3 Å². The zero-order valence-electron chi connectivity index (χ0n) is 10.8. The fourth-order valence-electron chi connectivity index (χ4n) is 1.41. The summed E-state index contributed by atoms with van der Waals surface area (Å²) in [6.07, 6.45) is 0. The number of aromatic carboxylic acids is 1. The number of ether oxygens (including phenoxy) is 1. The Labute approximate surface area is 114 Å². The van der Waals surface area contributed by atoms with Crippen LogP contribution in [0.3, 0.4) is 0 Å². The number of para-hydroxylation sites is 1. The van der Waals surface area contributed by atoms with Gasteiger partial charge in [-0.25, -0.2) is 14.4 Å². The Morgan fingerprint density at radius 3 is 2.50 bits per heavy atom. The van der Waals surface area contributed by atoms with E-state index in [4.69, 9.17) is 5.11 Å². The Hall–Kier alpha value is -2.77. The molecule has 0 aliphatic rings. The molecule has 20 heavy (non-hydrogen) atoms. The second-order valence-electron chi connectivity index (χ2n) is 3.85. The number of anilines is 1. The summed E-state index contributed by atoms with van der Waals surface area (Å²) in [4.78, 5) is 33.5. The van der Waals surface area contributed by atoms with Crippen LogP contribution >= 0.6 is 0 Å². The van der Waals surface area contributed by atoms with E-state index < -0.39 is 29.8 Å². The third-order valence-corrected chi connectivity index (χ3v) is 2.42. The molecule has 1 atom stereocenters. The highest BCUT2D eigenvalue weighted by atomic mass is 16.5. The van der Waals surface area contributed by atoms with Crippen molar-refractivity contribution in [2.45, 2.75) is 13.0 Å². The fraction of sp³-hybridized carbons (Fsp3) is 0.250. The molecule has 1 aromatic carbocycles. The molecule has 0 heterocycles. The van der Waals surface area contributed by atoms with E-state index in [2.05, 4.69) is 15.4 Å². The van der Waals surface area contributed by atoms with Gasteiger partial charge >= 0.3 is 18.0 Å². The molecule has 4 N–H and O–H groups in total. The molecule has 1 unspecified atom stereocenters. The van der Waals surface area contributed by atoms with Crippen LogP contribution in [-0.2, 0) is 9.53 Å². The van der Waals surface area contributed by atoms with Gasteiger partial charge in [-0.3, -0.25) is 0 Å². The van der Waals surface area contributed by atoms with Crippen LogP contribution in [0.15, 0.2) is 18.2 Å². The number of rotatable bonds is 4. The third kappa shape index (κ3) is 3.61. The van der Waals surface area contributed by atoms with Gasteiger partial charge in [-0.1, -0.05) is 6.07 Å². The zero-order valence-corrected chi connectivity index (χ0v) is 10.8. The Balaban J connectivity index is 2.79. The number of phenols is 1. The van der Waals surface area contributed by atoms with Crippen molar-refractivity contribution in [3.63, 3.8) is 0 Å². The number of carboxylic acid groups (broad SMARTS) is 1. The van der Waals surface area contributed by atoms with Gasteiger partial charge in [-0.05, 0) is 19.1 Å². The highest BCUT2D eigenvalue weighted by Gasteiger charge is 2.18. The lowest BCUT2D eigenvalue weighted by Crippen LogP contribution is -2.41. The van der Waals surface area contributed by atoms with Gasteiger partial charge in [0.25, 0.3) is 0 Å². The summed E-state index contributed by atoms with van der Waals surface area (Å²) in [7, 11) is 1.18. The lowest BCUT2D eigenvalue weighted by atomic mass is 10.1. The molecule has 0 radical (unpaired) electrons. The number of benzene rings is 1. The molecule has 0 saturated carbocycles. The van der Waals surface area contributed by atoms with Gasteiger partial charge in [0.1, 0.15) is 11.6 Å². The number of amides is 2. The normalized spacial score (nSPS) is 11.3. The molecule has 8 nitrogen and oxygen atoms in total. The number of urea groups is 1. The highest BCUT2D eigenvalue weighted by Crippen LogP contribution is 2.27. The van der Waals surface area contributed by atoms with Gasteiger partial charge in [0, 0.05) is 0 Å². The van der Waals surface area contributed by atoms with Crippen molar-refractivity contribution in [1.82, 2.24) is 5.32 Å². The van der Waals surface area contributed by atoms with Gasteiger partial charge < -0.3 is 25.6 Å². The molecule has 0 aromatic heterocycles. The van der Waals surface area contributed by atoms with E-state index in [1.54, 1.807) is 0 Å². The minimum absolute atomic E-state index is 0.0838. The van der Waals surface area contributed by atoms with Crippen LogP contribution in [0.4, 0.5) is 10.5 Å². The average Bonchev–Trinajstić information content (AvgIpc) is 2.39. The Kier molecular flexibility index (Phi) is 4.90. The summed E-state index contributed by atoms with van der Waals surface area (Å²) in [5, 5.41) is 23.0. The smallest absolute Gasteiger partial charge is 0.339 e. The summed E-state index contributed by atoms with van der Waals surface area (Å²) < 4.78 is 4.43. The van der Waals surface area contributed by atoms with E-state index in [9.17, 15) is 19.5 Å².